The van der Waals surface area contributed by atoms with Gasteiger partial charge in [0.1, 0.15) is 11.0 Å². The van der Waals surface area contributed by atoms with Crippen molar-refractivity contribution in [3.05, 3.63) is 29.0 Å². The van der Waals surface area contributed by atoms with Gasteiger partial charge in [-0.05, 0) is 11.6 Å². The van der Waals surface area contributed by atoms with Gasteiger partial charge in [0.2, 0.25) is 0 Å². The average molecular weight is 255 g/mol. The zero-order chi connectivity index (χ0) is 11.5. The number of thioether (sulfide) groups is 1. The molecule has 4 nitrogen and oxygen atoms in total. The number of amidine groups is 2. The molecule has 0 fully saturated rings. The number of hydrogen-bond acceptors (Lipinski definition) is 4. The zero-order valence-corrected chi connectivity index (χ0v) is 10.3. The van der Waals surface area contributed by atoms with Crippen molar-refractivity contribution in [3.8, 4) is 0 Å². The Bertz CT molecular complexity index is 429. The Morgan fingerprint density at radius 3 is 2.94 bits per heavy atom. The van der Waals surface area contributed by atoms with E-state index in [-0.39, 0.29) is 0 Å². The van der Waals surface area contributed by atoms with Crippen LogP contribution in [-0.4, -0.2) is 33.7 Å². The second-order valence-corrected chi connectivity index (χ2v) is 4.82. The van der Waals surface area contributed by atoms with Crippen LogP contribution in [0.25, 0.3) is 0 Å². The van der Waals surface area contributed by atoms with Gasteiger partial charge in [-0.25, -0.2) is 9.98 Å². The standard InChI is InChI=1S/C10H11ClN4S/c1-15(9-6-16-10(12)14-9)5-7-2-3-8(11)13-4-7/h2-4,12H,5-6H2,1H3. The van der Waals surface area contributed by atoms with Crippen molar-refractivity contribution in [2.24, 2.45) is 4.99 Å². The predicted molar refractivity (Wildman–Crippen MR) is 68.3 cm³/mol. The number of aromatic nitrogens is 1. The largest absolute Gasteiger partial charge is 0.358 e. The molecule has 1 N–H and O–H groups in total. The van der Waals surface area contributed by atoms with E-state index in [2.05, 4.69) is 9.98 Å². The Morgan fingerprint density at radius 1 is 1.56 bits per heavy atom. The van der Waals surface area contributed by atoms with Crippen molar-refractivity contribution in [2.75, 3.05) is 12.8 Å². The highest BCUT2D eigenvalue weighted by molar-refractivity contribution is 8.14. The molecule has 0 aliphatic carbocycles. The van der Waals surface area contributed by atoms with Crippen molar-refractivity contribution < 1.29 is 0 Å². The lowest BCUT2D eigenvalue weighted by Crippen LogP contribution is -2.26. The molecule has 0 amide bonds. The molecule has 0 saturated carbocycles. The summed E-state index contributed by atoms with van der Waals surface area (Å²) in [6.45, 7) is 0.733. The molecular weight excluding hydrogens is 244 g/mol. The quantitative estimate of drug-likeness (QED) is 0.824. The third kappa shape index (κ3) is 2.74. The first-order valence-electron chi connectivity index (χ1n) is 4.75. The topological polar surface area (TPSA) is 52.3 Å². The summed E-state index contributed by atoms with van der Waals surface area (Å²) < 4.78 is 0. The van der Waals surface area contributed by atoms with Gasteiger partial charge in [-0.3, -0.25) is 5.41 Å². The van der Waals surface area contributed by atoms with E-state index in [1.165, 1.54) is 11.8 Å². The summed E-state index contributed by atoms with van der Waals surface area (Å²) >= 11 is 7.16. The van der Waals surface area contributed by atoms with Gasteiger partial charge in [0.15, 0.2) is 5.17 Å². The maximum Gasteiger partial charge on any atom is 0.182 e. The summed E-state index contributed by atoms with van der Waals surface area (Å²) in [6.07, 6.45) is 1.76. The van der Waals surface area contributed by atoms with Crippen LogP contribution in [-0.2, 0) is 6.54 Å². The molecule has 0 radical (unpaired) electrons. The lowest BCUT2D eigenvalue weighted by atomic mass is 10.3. The van der Waals surface area contributed by atoms with Gasteiger partial charge in [0.05, 0.1) is 5.75 Å². The van der Waals surface area contributed by atoms with Gasteiger partial charge < -0.3 is 4.90 Å². The Kier molecular flexibility index (Phi) is 3.46. The monoisotopic (exact) mass is 254 g/mol. The molecule has 2 rings (SSSR count). The van der Waals surface area contributed by atoms with Gasteiger partial charge in [0, 0.05) is 19.8 Å². The summed E-state index contributed by atoms with van der Waals surface area (Å²) in [7, 11) is 1.96. The Balaban J connectivity index is 2.02. The van der Waals surface area contributed by atoms with Gasteiger partial charge in [-0.2, -0.15) is 0 Å². The molecule has 2 heterocycles. The smallest absolute Gasteiger partial charge is 0.182 e. The van der Waals surface area contributed by atoms with E-state index in [1.807, 2.05) is 18.0 Å². The molecule has 1 aliphatic heterocycles. The first-order valence-corrected chi connectivity index (χ1v) is 6.12. The minimum absolute atomic E-state index is 0.385. The van der Waals surface area contributed by atoms with E-state index in [9.17, 15) is 0 Å². The lowest BCUT2D eigenvalue weighted by molar-refractivity contribution is 0.499. The van der Waals surface area contributed by atoms with E-state index in [0.717, 1.165) is 23.7 Å². The molecule has 0 bridgehead atoms. The van der Waals surface area contributed by atoms with Crippen molar-refractivity contribution >= 4 is 34.4 Å². The minimum Gasteiger partial charge on any atom is -0.358 e. The Labute approximate surface area is 103 Å². The molecule has 1 aliphatic rings. The number of aliphatic imine (C=N–C) groups is 1. The van der Waals surface area contributed by atoms with Crippen LogP contribution in [0, 0.1) is 5.41 Å². The van der Waals surface area contributed by atoms with Crippen LogP contribution < -0.4 is 0 Å². The second kappa shape index (κ2) is 4.84. The molecule has 16 heavy (non-hydrogen) atoms. The molecule has 0 saturated heterocycles. The Hall–Kier alpha value is -1.07. The van der Waals surface area contributed by atoms with Gasteiger partial charge in [-0.1, -0.05) is 29.4 Å². The fourth-order valence-corrected chi connectivity index (χ4v) is 2.21. The number of nitrogens with one attached hydrogen (secondary N) is 1. The van der Waals surface area contributed by atoms with Crippen LogP contribution in [0.3, 0.4) is 0 Å². The molecule has 84 valence electrons. The minimum atomic E-state index is 0.385. The zero-order valence-electron chi connectivity index (χ0n) is 8.77. The molecule has 0 unspecified atom stereocenters. The molecule has 0 spiro atoms. The summed E-state index contributed by atoms with van der Waals surface area (Å²) in [5.41, 5.74) is 1.08. The maximum atomic E-state index is 7.40. The summed E-state index contributed by atoms with van der Waals surface area (Å²) in [5.74, 6) is 1.71. The van der Waals surface area contributed by atoms with Crippen LogP contribution in [0.1, 0.15) is 5.56 Å². The van der Waals surface area contributed by atoms with E-state index in [4.69, 9.17) is 17.0 Å². The number of halogens is 1. The summed E-state index contributed by atoms with van der Waals surface area (Å²) in [6, 6.07) is 3.72. The van der Waals surface area contributed by atoms with E-state index in [0.29, 0.717) is 10.3 Å². The van der Waals surface area contributed by atoms with Crippen molar-refractivity contribution in [2.45, 2.75) is 6.54 Å². The molecule has 1 aromatic rings. The van der Waals surface area contributed by atoms with Crippen molar-refractivity contribution in [3.63, 3.8) is 0 Å². The summed E-state index contributed by atoms with van der Waals surface area (Å²) in [5, 5.41) is 8.29. The average Bonchev–Trinajstić information content (AvgIpc) is 2.68. The Morgan fingerprint density at radius 2 is 2.38 bits per heavy atom. The summed E-state index contributed by atoms with van der Waals surface area (Å²) in [4.78, 5) is 10.2. The highest BCUT2D eigenvalue weighted by atomic mass is 35.5. The third-order valence-corrected chi connectivity index (χ3v) is 3.21. The number of nitrogens with zero attached hydrogens (tertiary/aromatic N) is 3. The fraction of sp³-hybridized carbons (Fsp3) is 0.300. The van der Waals surface area contributed by atoms with Gasteiger partial charge in [0.25, 0.3) is 0 Å². The van der Waals surface area contributed by atoms with Crippen LogP contribution in [0.2, 0.25) is 5.15 Å². The molecular formula is C10H11ClN4S. The third-order valence-electron chi connectivity index (χ3n) is 2.22. The molecule has 0 atom stereocenters. The fourth-order valence-electron chi connectivity index (χ4n) is 1.38. The molecule has 1 aromatic heterocycles. The normalized spacial score (nSPS) is 15.1. The van der Waals surface area contributed by atoms with Crippen LogP contribution in [0.5, 0.6) is 0 Å². The predicted octanol–water partition coefficient (Wildman–Crippen LogP) is 2.25. The van der Waals surface area contributed by atoms with Crippen LogP contribution >= 0.6 is 23.4 Å². The lowest BCUT2D eigenvalue weighted by Gasteiger charge is -2.17. The number of hydrogen-bond donors (Lipinski definition) is 1. The first-order chi connectivity index (χ1) is 7.65. The first kappa shape index (κ1) is 11.4. The van der Waals surface area contributed by atoms with Gasteiger partial charge in [-0.15, -0.1) is 0 Å². The van der Waals surface area contributed by atoms with Crippen molar-refractivity contribution in [1.29, 1.82) is 5.41 Å². The maximum absolute atomic E-state index is 7.40. The van der Waals surface area contributed by atoms with Crippen LogP contribution in [0.4, 0.5) is 0 Å². The van der Waals surface area contributed by atoms with E-state index < -0.39 is 0 Å². The molecule has 0 aromatic carbocycles. The van der Waals surface area contributed by atoms with E-state index >= 15 is 0 Å². The number of pyridine rings is 1. The second-order valence-electron chi connectivity index (χ2n) is 3.47. The van der Waals surface area contributed by atoms with Crippen LogP contribution in [0.15, 0.2) is 23.3 Å². The molecule has 6 heteroatoms. The number of rotatable bonds is 2. The SMILES string of the molecule is CN(Cc1ccc(Cl)nc1)C1=NC(=N)SC1. The van der Waals surface area contributed by atoms with E-state index in [1.54, 1.807) is 12.3 Å². The van der Waals surface area contributed by atoms with Gasteiger partial charge >= 0.3 is 0 Å². The highest BCUT2D eigenvalue weighted by Gasteiger charge is 2.15. The highest BCUT2D eigenvalue weighted by Crippen LogP contribution is 2.16. The van der Waals surface area contributed by atoms with Crippen molar-refractivity contribution in [1.82, 2.24) is 9.88 Å².